The van der Waals surface area contributed by atoms with Gasteiger partial charge in [-0.25, -0.2) is 4.98 Å². The van der Waals surface area contributed by atoms with E-state index in [2.05, 4.69) is 30.7 Å². The minimum atomic E-state index is -0.226. The molecule has 1 amide bonds. The minimum absolute atomic E-state index is 0.219. The van der Waals surface area contributed by atoms with Gasteiger partial charge in [-0.15, -0.1) is 0 Å². The van der Waals surface area contributed by atoms with Crippen LogP contribution in [0.15, 0.2) is 18.6 Å². The normalized spacial score (nSPS) is 12.3. The quantitative estimate of drug-likeness (QED) is 0.659. The summed E-state index contributed by atoms with van der Waals surface area (Å²) in [5, 5.41) is 15.4. The lowest BCUT2D eigenvalue weighted by atomic mass is 10.3. The molecular weight excluding hydrogens is 196 g/mol. The van der Waals surface area contributed by atoms with E-state index in [0.717, 1.165) is 0 Å². The van der Waals surface area contributed by atoms with E-state index >= 15 is 0 Å². The lowest BCUT2D eigenvalue weighted by Gasteiger charge is -2.09. The number of nitrogens with zero attached hydrogens (tertiary/aromatic N) is 3. The monoisotopic (exact) mass is 206 g/mol. The number of rotatable bonds is 3. The van der Waals surface area contributed by atoms with Crippen LogP contribution in [0, 0.1) is 0 Å². The summed E-state index contributed by atoms with van der Waals surface area (Å²) < 4.78 is 0. The summed E-state index contributed by atoms with van der Waals surface area (Å²) in [6.07, 6.45) is 2.92. The molecule has 0 bridgehead atoms. The summed E-state index contributed by atoms with van der Waals surface area (Å²) in [5.41, 5.74) is 0.418. The van der Waals surface area contributed by atoms with Crippen molar-refractivity contribution >= 4 is 5.91 Å². The first-order chi connectivity index (χ1) is 7.27. The van der Waals surface area contributed by atoms with Gasteiger partial charge in [0.25, 0.3) is 5.91 Å². The number of amides is 1. The lowest BCUT2D eigenvalue weighted by molar-refractivity contribution is 0.0933. The molecular formula is C8H10N6O. The molecule has 0 saturated heterocycles. The fourth-order valence-corrected chi connectivity index (χ4v) is 1.15. The molecule has 7 nitrogen and oxygen atoms in total. The van der Waals surface area contributed by atoms with E-state index in [4.69, 9.17) is 0 Å². The highest BCUT2D eigenvalue weighted by atomic mass is 16.2. The molecule has 0 saturated carbocycles. The van der Waals surface area contributed by atoms with Gasteiger partial charge in [0.2, 0.25) is 0 Å². The maximum Gasteiger partial charge on any atom is 0.269 e. The average Bonchev–Trinajstić information content (AvgIpc) is 2.91. The molecule has 3 N–H and O–H groups in total. The van der Waals surface area contributed by atoms with Crippen LogP contribution < -0.4 is 5.32 Å². The summed E-state index contributed by atoms with van der Waals surface area (Å²) in [7, 11) is 0. The number of carbonyl (C=O) groups is 1. The van der Waals surface area contributed by atoms with Crippen LogP contribution in [-0.2, 0) is 0 Å². The Kier molecular flexibility index (Phi) is 2.44. The second-order valence-electron chi connectivity index (χ2n) is 3.04. The Morgan fingerprint density at radius 1 is 1.47 bits per heavy atom. The molecule has 2 heterocycles. The summed E-state index contributed by atoms with van der Waals surface area (Å²) >= 11 is 0. The van der Waals surface area contributed by atoms with Crippen molar-refractivity contribution in [3.8, 4) is 0 Å². The SMILES string of the molecule is CC(NC(=O)c1ccn[nH]1)c1ncn[nH]1. The van der Waals surface area contributed by atoms with Crippen LogP contribution in [-0.4, -0.2) is 31.3 Å². The number of nitrogens with one attached hydrogen (secondary N) is 3. The van der Waals surface area contributed by atoms with Crippen LogP contribution in [0.4, 0.5) is 0 Å². The Bertz CT molecular complexity index is 420. The van der Waals surface area contributed by atoms with Crippen molar-refractivity contribution in [2.45, 2.75) is 13.0 Å². The Labute approximate surface area is 85.3 Å². The maximum atomic E-state index is 11.6. The van der Waals surface area contributed by atoms with Gasteiger partial charge in [0, 0.05) is 6.20 Å². The smallest absolute Gasteiger partial charge is 0.269 e. The van der Waals surface area contributed by atoms with Crippen LogP contribution in [0.25, 0.3) is 0 Å². The molecule has 0 aliphatic carbocycles. The molecule has 0 aliphatic rings. The van der Waals surface area contributed by atoms with Gasteiger partial charge in [-0.3, -0.25) is 15.0 Å². The molecule has 1 atom stereocenters. The topological polar surface area (TPSA) is 99.3 Å². The molecule has 0 radical (unpaired) electrons. The predicted molar refractivity (Wildman–Crippen MR) is 50.9 cm³/mol. The van der Waals surface area contributed by atoms with Crippen molar-refractivity contribution < 1.29 is 4.79 Å². The molecule has 2 aromatic heterocycles. The number of aromatic amines is 2. The maximum absolute atomic E-state index is 11.6. The second-order valence-corrected chi connectivity index (χ2v) is 3.04. The molecule has 7 heteroatoms. The first-order valence-electron chi connectivity index (χ1n) is 4.43. The van der Waals surface area contributed by atoms with Crippen LogP contribution >= 0.6 is 0 Å². The highest BCUT2D eigenvalue weighted by molar-refractivity contribution is 5.92. The summed E-state index contributed by atoms with van der Waals surface area (Å²) in [4.78, 5) is 15.5. The molecule has 0 spiro atoms. The molecule has 0 fully saturated rings. The van der Waals surface area contributed by atoms with E-state index in [-0.39, 0.29) is 11.9 Å². The highest BCUT2D eigenvalue weighted by Gasteiger charge is 2.13. The number of hydrogen-bond acceptors (Lipinski definition) is 4. The van der Waals surface area contributed by atoms with Gasteiger partial charge in [-0.1, -0.05) is 0 Å². The van der Waals surface area contributed by atoms with Crippen LogP contribution in [0.5, 0.6) is 0 Å². The van der Waals surface area contributed by atoms with E-state index in [1.54, 1.807) is 6.07 Å². The Hall–Kier alpha value is -2.18. The Balaban J connectivity index is 2.01. The standard InChI is InChI=1S/C8H10N6O/c1-5(7-9-4-11-14-7)12-8(15)6-2-3-10-13-6/h2-5H,1H3,(H,10,13)(H,12,15)(H,9,11,14). The van der Waals surface area contributed by atoms with Crippen molar-refractivity contribution in [1.29, 1.82) is 0 Å². The van der Waals surface area contributed by atoms with Crippen LogP contribution in [0.3, 0.4) is 0 Å². The zero-order valence-electron chi connectivity index (χ0n) is 8.06. The molecule has 78 valence electrons. The molecule has 0 aliphatic heterocycles. The zero-order chi connectivity index (χ0) is 10.7. The van der Waals surface area contributed by atoms with Gasteiger partial charge < -0.3 is 5.32 Å². The minimum Gasteiger partial charge on any atom is -0.341 e. The summed E-state index contributed by atoms with van der Waals surface area (Å²) in [6.45, 7) is 1.81. The van der Waals surface area contributed by atoms with E-state index < -0.39 is 0 Å². The zero-order valence-corrected chi connectivity index (χ0v) is 8.06. The third kappa shape index (κ3) is 2.01. The highest BCUT2D eigenvalue weighted by Crippen LogP contribution is 2.05. The second kappa shape index (κ2) is 3.91. The van der Waals surface area contributed by atoms with Gasteiger partial charge in [-0.05, 0) is 13.0 Å². The Morgan fingerprint density at radius 2 is 2.33 bits per heavy atom. The average molecular weight is 206 g/mol. The van der Waals surface area contributed by atoms with Gasteiger partial charge in [0.15, 0.2) is 0 Å². The first-order valence-corrected chi connectivity index (χ1v) is 4.43. The van der Waals surface area contributed by atoms with Gasteiger partial charge >= 0.3 is 0 Å². The van der Waals surface area contributed by atoms with Crippen molar-refractivity contribution in [3.05, 3.63) is 30.1 Å². The number of aromatic nitrogens is 5. The van der Waals surface area contributed by atoms with Crippen molar-refractivity contribution in [2.75, 3.05) is 0 Å². The van der Waals surface area contributed by atoms with Crippen LogP contribution in [0.2, 0.25) is 0 Å². The number of hydrogen-bond donors (Lipinski definition) is 3. The molecule has 2 rings (SSSR count). The van der Waals surface area contributed by atoms with Crippen LogP contribution in [0.1, 0.15) is 29.3 Å². The van der Waals surface area contributed by atoms with Crippen molar-refractivity contribution in [2.24, 2.45) is 0 Å². The first kappa shape index (κ1) is 9.38. The predicted octanol–water partition coefficient (Wildman–Crippen LogP) is 0.0188. The van der Waals surface area contributed by atoms with Gasteiger partial charge in [0.05, 0.1) is 6.04 Å². The van der Waals surface area contributed by atoms with E-state index in [1.807, 2.05) is 6.92 Å². The largest absolute Gasteiger partial charge is 0.341 e. The number of carbonyl (C=O) groups excluding carboxylic acids is 1. The molecule has 1 unspecified atom stereocenters. The van der Waals surface area contributed by atoms with E-state index in [0.29, 0.717) is 11.5 Å². The van der Waals surface area contributed by atoms with Crippen molar-refractivity contribution in [1.82, 2.24) is 30.7 Å². The fourth-order valence-electron chi connectivity index (χ4n) is 1.15. The van der Waals surface area contributed by atoms with Crippen molar-refractivity contribution in [3.63, 3.8) is 0 Å². The fraction of sp³-hybridized carbons (Fsp3) is 0.250. The third-order valence-electron chi connectivity index (χ3n) is 1.94. The van der Waals surface area contributed by atoms with E-state index in [1.165, 1.54) is 12.5 Å². The Morgan fingerprint density at radius 3 is 2.93 bits per heavy atom. The molecule has 0 aromatic carbocycles. The van der Waals surface area contributed by atoms with Gasteiger partial charge in [0.1, 0.15) is 17.8 Å². The molecule has 15 heavy (non-hydrogen) atoms. The summed E-state index contributed by atoms with van der Waals surface area (Å²) in [5.74, 6) is 0.388. The third-order valence-corrected chi connectivity index (χ3v) is 1.94. The molecule has 2 aromatic rings. The summed E-state index contributed by atoms with van der Waals surface area (Å²) in [6, 6.07) is 1.38. The van der Waals surface area contributed by atoms with Gasteiger partial charge in [-0.2, -0.15) is 10.2 Å². The van der Waals surface area contributed by atoms with E-state index in [9.17, 15) is 4.79 Å². The number of H-pyrrole nitrogens is 2. The lowest BCUT2D eigenvalue weighted by Crippen LogP contribution is -2.27.